The number of halogens is 1. The second kappa shape index (κ2) is 6.27. The summed E-state index contributed by atoms with van der Waals surface area (Å²) >= 11 is 5.72. The molecule has 0 aliphatic carbocycles. The van der Waals surface area contributed by atoms with E-state index < -0.39 is 0 Å². The first-order chi connectivity index (χ1) is 7.54. The fraction of sp³-hybridized carbons (Fsp3) is 0.571. The minimum atomic E-state index is 0.711. The Hall–Kier alpha value is -0.530. The highest BCUT2D eigenvalue weighted by molar-refractivity contribution is 6.18. The molecule has 0 aromatic heterocycles. The van der Waals surface area contributed by atoms with E-state index in [4.69, 9.17) is 11.6 Å². The standard InChI is InChI=1S/C14H22ClN/c1-11-9-12(2)14(13(3)10-11)5-7-16(4)8-6-15/h9-10H,5-8H2,1-4H3. The lowest BCUT2D eigenvalue weighted by Crippen LogP contribution is -2.23. The van der Waals surface area contributed by atoms with Gasteiger partial charge in [0.2, 0.25) is 0 Å². The lowest BCUT2D eigenvalue weighted by molar-refractivity contribution is 0.359. The van der Waals surface area contributed by atoms with Crippen LogP contribution in [0.25, 0.3) is 0 Å². The maximum absolute atomic E-state index is 5.72. The number of benzene rings is 1. The Bertz CT molecular complexity index is 324. The molecule has 2 heteroatoms. The van der Waals surface area contributed by atoms with Gasteiger partial charge >= 0.3 is 0 Å². The SMILES string of the molecule is Cc1cc(C)c(CCN(C)CCCl)c(C)c1. The van der Waals surface area contributed by atoms with Crippen molar-refractivity contribution in [2.75, 3.05) is 26.0 Å². The van der Waals surface area contributed by atoms with Gasteiger partial charge in [-0.05, 0) is 50.9 Å². The van der Waals surface area contributed by atoms with Crippen LogP contribution in [0.15, 0.2) is 12.1 Å². The van der Waals surface area contributed by atoms with Gasteiger partial charge in [0.25, 0.3) is 0 Å². The number of nitrogens with zero attached hydrogens (tertiary/aromatic N) is 1. The molecule has 0 saturated carbocycles. The van der Waals surface area contributed by atoms with Crippen molar-refractivity contribution < 1.29 is 0 Å². The third-order valence-corrected chi connectivity index (χ3v) is 3.22. The van der Waals surface area contributed by atoms with E-state index in [-0.39, 0.29) is 0 Å². The van der Waals surface area contributed by atoms with Gasteiger partial charge in [-0.1, -0.05) is 17.7 Å². The summed E-state index contributed by atoms with van der Waals surface area (Å²) in [6.45, 7) is 8.61. The van der Waals surface area contributed by atoms with Crippen LogP contribution in [-0.4, -0.2) is 30.9 Å². The molecule has 0 unspecified atom stereocenters. The molecule has 1 aromatic rings. The van der Waals surface area contributed by atoms with Gasteiger partial charge in [-0.3, -0.25) is 0 Å². The molecule has 90 valence electrons. The average molecular weight is 240 g/mol. The molecule has 0 amide bonds. The van der Waals surface area contributed by atoms with Gasteiger partial charge in [-0.25, -0.2) is 0 Å². The molecule has 0 atom stereocenters. The molecular weight excluding hydrogens is 218 g/mol. The minimum absolute atomic E-state index is 0.711. The van der Waals surface area contributed by atoms with Crippen LogP contribution >= 0.6 is 11.6 Å². The Morgan fingerprint density at radius 2 is 1.62 bits per heavy atom. The summed E-state index contributed by atoms with van der Waals surface area (Å²) in [7, 11) is 2.13. The second-order valence-corrected chi connectivity index (χ2v) is 5.00. The number of alkyl halides is 1. The molecular formula is C14H22ClN. The normalized spacial score (nSPS) is 11.1. The molecule has 16 heavy (non-hydrogen) atoms. The summed E-state index contributed by atoms with van der Waals surface area (Å²) < 4.78 is 0. The highest BCUT2D eigenvalue weighted by atomic mass is 35.5. The number of aryl methyl sites for hydroxylation is 3. The van der Waals surface area contributed by atoms with Gasteiger partial charge in [-0.15, -0.1) is 11.6 Å². The van der Waals surface area contributed by atoms with Gasteiger partial charge < -0.3 is 4.90 Å². The summed E-state index contributed by atoms with van der Waals surface area (Å²) in [4.78, 5) is 2.28. The van der Waals surface area contributed by atoms with E-state index in [1.54, 1.807) is 0 Å². The third-order valence-electron chi connectivity index (χ3n) is 3.05. The molecule has 1 aromatic carbocycles. The van der Waals surface area contributed by atoms with Gasteiger partial charge in [0, 0.05) is 19.0 Å². The summed E-state index contributed by atoms with van der Waals surface area (Å²) in [5, 5.41) is 0. The highest BCUT2D eigenvalue weighted by Gasteiger charge is 2.05. The van der Waals surface area contributed by atoms with Crippen molar-refractivity contribution in [3.63, 3.8) is 0 Å². The van der Waals surface area contributed by atoms with E-state index in [0.29, 0.717) is 5.88 Å². The zero-order valence-corrected chi connectivity index (χ0v) is 11.6. The number of hydrogen-bond acceptors (Lipinski definition) is 1. The number of hydrogen-bond donors (Lipinski definition) is 0. The fourth-order valence-corrected chi connectivity index (χ4v) is 2.45. The Morgan fingerprint density at radius 3 is 2.12 bits per heavy atom. The summed E-state index contributed by atoms with van der Waals surface area (Å²) in [5.74, 6) is 0.711. The predicted octanol–water partition coefficient (Wildman–Crippen LogP) is 3.32. The summed E-state index contributed by atoms with van der Waals surface area (Å²) in [6, 6.07) is 4.54. The van der Waals surface area contributed by atoms with Crippen molar-refractivity contribution in [1.29, 1.82) is 0 Å². The smallest absolute Gasteiger partial charge is 0.0351 e. The van der Waals surface area contributed by atoms with Crippen molar-refractivity contribution >= 4 is 11.6 Å². The molecule has 1 rings (SSSR count). The molecule has 0 N–H and O–H groups in total. The van der Waals surface area contributed by atoms with Crippen molar-refractivity contribution in [2.45, 2.75) is 27.2 Å². The van der Waals surface area contributed by atoms with Crippen LogP contribution < -0.4 is 0 Å². The van der Waals surface area contributed by atoms with Crippen LogP contribution in [0.1, 0.15) is 22.3 Å². The molecule has 0 fully saturated rings. The molecule has 0 heterocycles. The van der Waals surface area contributed by atoms with Crippen LogP contribution in [0.5, 0.6) is 0 Å². The van der Waals surface area contributed by atoms with Crippen molar-refractivity contribution in [3.8, 4) is 0 Å². The number of rotatable bonds is 5. The van der Waals surface area contributed by atoms with E-state index in [9.17, 15) is 0 Å². The molecule has 1 nitrogen and oxygen atoms in total. The van der Waals surface area contributed by atoms with Gasteiger partial charge in [-0.2, -0.15) is 0 Å². The van der Waals surface area contributed by atoms with Crippen LogP contribution in [-0.2, 0) is 6.42 Å². The lowest BCUT2D eigenvalue weighted by atomic mass is 9.97. The molecule has 0 bridgehead atoms. The predicted molar refractivity (Wildman–Crippen MR) is 72.6 cm³/mol. The van der Waals surface area contributed by atoms with E-state index in [1.165, 1.54) is 22.3 Å². The highest BCUT2D eigenvalue weighted by Crippen LogP contribution is 2.17. The number of likely N-dealkylation sites (N-methyl/N-ethyl adjacent to an activating group) is 1. The molecule has 0 aliphatic heterocycles. The third kappa shape index (κ3) is 3.80. The average Bonchev–Trinajstić information content (AvgIpc) is 2.16. The summed E-state index contributed by atoms with van der Waals surface area (Å²) in [5.41, 5.74) is 5.67. The zero-order valence-electron chi connectivity index (χ0n) is 10.8. The van der Waals surface area contributed by atoms with Crippen molar-refractivity contribution in [1.82, 2.24) is 4.90 Å². The maximum Gasteiger partial charge on any atom is 0.0351 e. The minimum Gasteiger partial charge on any atom is -0.305 e. The topological polar surface area (TPSA) is 3.24 Å². The van der Waals surface area contributed by atoms with E-state index in [1.807, 2.05) is 0 Å². The quantitative estimate of drug-likeness (QED) is 0.713. The first-order valence-electron chi connectivity index (χ1n) is 5.86. The second-order valence-electron chi connectivity index (χ2n) is 4.62. The largest absolute Gasteiger partial charge is 0.305 e. The molecule has 0 aliphatic rings. The summed E-state index contributed by atoms with van der Waals surface area (Å²) in [6.07, 6.45) is 1.12. The van der Waals surface area contributed by atoms with Crippen LogP contribution in [0.4, 0.5) is 0 Å². The van der Waals surface area contributed by atoms with Gasteiger partial charge in [0.1, 0.15) is 0 Å². The maximum atomic E-state index is 5.72. The van der Waals surface area contributed by atoms with Crippen molar-refractivity contribution in [3.05, 3.63) is 34.4 Å². The van der Waals surface area contributed by atoms with Gasteiger partial charge in [0.15, 0.2) is 0 Å². The van der Waals surface area contributed by atoms with E-state index in [0.717, 1.165) is 19.5 Å². The van der Waals surface area contributed by atoms with Crippen LogP contribution in [0.3, 0.4) is 0 Å². The molecule has 0 radical (unpaired) electrons. The van der Waals surface area contributed by atoms with Crippen molar-refractivity contribution in [2.24, 2.45) is 0 Å². The first kappa shape index (κ1) is 13.5. The lowest BCUT2D eigenvalue weighted by Gasteiger charge is -2.17. The van der Waals surface area contributed by atoms with E-state index in [2.05, 4.69) is 44.9 Å². The Labute approximate surface area is 104 Å². The molecule has 0 spiro atoms. The fourth-order valence-electron chi connectivity index (χ4n) is 2.16. The van der Waals surface area contributed by atoms with Crippen LogP contribution in [0, 0.1) is 20.8 Å². The van der Waals surface area contributed by atoms with Gasteiger partial charge in [0.05, 0.1) is 0 Å². The Morgan fingerprint density at radius 1 is 1.06 bits per heavy atom. The Balaban J connectivity index is 2.67. The van der Waals surface area contributed by atoms with Crippen LogP contribution in [0.2, 0.25) is 0 Å². The van der Waals surface area contributed by atoms with E-state index >= 15 is 0 Å². The Kier molecular flexibility index (Phi) is 5.30. The zero-order chi connectivity index (χ0) is 12.1. The monoisotopic (exact) mass is 239 g/mol. The first-order valence-corrected chi connectivity index (χ1v) is 6.39. The molecule has 0 saturated heterocycles.